The van der Waals surface area contributed by atoms with Crippen LogP contribution in [0.2, 0.25) is 0 Å². The van der Waals surface area contributed by atoms with Gasteiger partial charge in [0.05, 0.1) is 11.0 Å². The van der Waals surface area contributed by atoms with E-state index in [0.717, 1.165) is 39.0 Å². The quantitative estimate of drug-likeness (QED) is 0.177. The van der Waals surface area contributed by atoms with E-state index >= 15 is 0 Å². The molecule has 0 fully saturated rings. The van der Waals surface area contributed by atoms with Gasteiger partial charge in [0.15, 0.2) is 5.58 Å². The van der Waals surface area contributed by atoms with E-state index in [9.17, 15) is 0 Å². The summed E-state index contributed by atoms with van der Waals surface area (Å²) in [5, 5.41) is 2.49. The van der Waals surface area contributed by atoms with Gasteiger partial charge in [-0.3, -0.25) is 0 Å². The summed E-state index contributed by atoms with van der Waals surface area (Å²) >= 11 is 0. The Balaban J connectivity index is 1.02. The predicted molar refractivity (Wildman–Crippen MR) is 216 cm³/mol. The van der Waals surface area contributed by atoms with Crippen LogP contribution in [0.4, 0.5) is 0 Å². The molecule has 10 aromatic rings. The van der Waals surface area contributed by atoms with Gasteiger partial charge >= 0.3 is 0 Å². The fraction of sp³-hybridized carbons (Fsp3) is 0. The molecule has 2 heterocycles. The number of fused-ring (bicyclic) bond motifs is 4. The van der Waals surface area contributed by atoms with Crippen LogP contribution in [0.3, 0.4) is 0 Å². The van der Waals surface area contributed by atoms with E-state index in [-0.39, 0.29) is 0 Å². The molecule has 0 atom stereocenters. The highest BCUT2D eigenvalue weighted by Crippen LogP contribution is 2.41. The second-order valence-electron chi connectivity index (χ2n) is 13.2. The SMILES string of the molecule is c1ccc(-c2ccc3oc(-c4ccc(-c5ccccc5-c5ccccc5-c5ccc6c(c5)c5ccccc5n6-c5ccccc5)cc4)nc3c2)cc1. The molecule has 0 saturated heterocycles. The molecule has 0 bridgehead atoms. The van der Waals surface area contributed by atoms with E-state index in [4.69, 9.17) is 9.40 Å². The predicted octanol–water partition coefficient (Wildman–Crippen LogP) is 13.3. The minimum atomic E-state index is 0.620. The topological polar surface area (TPSA) is 31.0 Å². The lowest BCUT2D eigenvalue weighted by molar-refractivity contribution is 0.620. The summed E-state index contributed by atoms with van der Waals surface area (Å²) in [6, 6.07) is 68.8. The molecule has 0 aliphatic rings. The summed E-state index contributed by atoms with van der Waals surface area (Å²) in [5.74, 6) is 0.620. The molecule has 0 aliphatic carbocycles. The molecule has 0 spiro atoms. The molecule has 0 amide bonds. The van der Waals surface area contributed by atoms with Gasteiger partial charge in [-0.15, -0.1) is 0 Å². The van der Waals surface area contributed by atoms with Gasteiger partial charge in [0.2, 0.25) is 5.89 Å². The van der Waals surface area contributed by atoms with Crippen LogP contribution >= 0.6 is 0 Å². The molecule has 0 saturated carbocycles. The number of rotatable bonds is 6. The highest BCUT2D eigenvalue weighted by Gasteiger charge is 2.17. The second kappa shape index (κ2) is 12.4. The van der Waals surface area contributed by atoms with Crippen LogP contribution in [0, 0.1) is 0 Å². The largest absolute Gasteiger partial charge is 0.436 e. The van der Waals surface area contributed by atoms with Gasteiger partial charge in [-0.1, -0.05) is 140 Å². The number of benzene rings is 8. The summed E-state index contributed by atoms with van der Waals surface area (Å²) in [7, 11) is 0. The summed E-state index contributed by atoms with van der Waals surface area (Å²) in [4.78, 5) is 4.87. The Morgan fingerprint density at radius 1 is 0.365 bits per heavy atom. The van der Waals surface area contributed by atoms with E-state index < -0.39 is 0 Å². The van der Waals surface area contributed by atoms with Crippen molar-refractivity contribution in [1.82, 2.24) is 9.55 Å². The van der Waals surface area contributed by atoms with E-state index in [0.29, 0.717) is 5.89 Å². The highest BCUT2D eigenvalue weighted by molar-refractivity contribution is 6.11. The van der Waals surface area contributed by atoms with E-state index in [2.05, 4.69) is 187 Å². The Hall–Kier alpha value is -6.97. The van der Waals surface area contributed by atoms with Crippen molar-refractivity contribution in [3.05, 3.63) is 194 Å². The van der Waals surface area contributed by atoms with Gasteiger partial charge in [-0.2, -0.15) is 0 Å². The molecule has 3 heteroatoms. The van der Waals surface area contributed by atoms with Crippen molar-refractivity contribution in [3.8, 4) is 61.6 Å². The Morgan fingerprint density at radius 3 is 1.67 bits per heavy atom. The Morgan fingerprint density at radius 2 is 0.923 bits per heavy atom. The first kappa shape index (κ1) is 29.9. The Kier molecular flexibility index (Phi) is 7.14. The lowest BCUT2D eigenvalue weighted by atomic mass is 9.89. The average Bonchev–Trinajstić information content (AvgIpc) is 3.80. The van der Waals surface area contributed by atoms with Gasteiger partial charge in [-0.25, -0.2) is 4.98 Å². The molecule has 244 valence electrons. The normalized spacial score (nSPS) is 11.5. The molecular weight excluding hydrogens is 633 g/mol. The van der Waals surface area contributed by atoms with Crippen molar-refractivity contribution in [2.75, 3.05) is 0 Å². The molecule has 3 nitrogen and oxygen atoms in total. The van der Waals surface area contributed by atoms with Crippen LogP contribution in [-0.2, 0) is 0 Å². The third kappa shape index (κ3) is 5.10. The highest BCUT2D eigenvalue weighted by atomic mass is 16.3. The Labute approximate surface area is 301 Å². The second-order valence-corrected chi connectivity index (χ2v) is 13.2. The maximum Gasteiger partial charge on any atom is 0.227 e. The van der Waals surface area contributed by atoms with Crippen LogP contribution in [0.15, 0.2) is 199 Å². The number of aromatic nitrogens is 2. The number of hydrogen-bond acceptors (Lipinski definition) is 2. The number of hydrogen-bond donors (Lipinski definition) is 0. The van der Waals surface area contributed by atoms with Crippen molar-refractivity contribution in [2.24, 2.45) is 0 Å². The molecule has 10 rings (SSSR count). The number of nitrogens with zero attached hydrogens (tertiary/aromatic N) is 2. The molecule has 0 radical (unpaired) electrons. The van der Waals surface area contributed by atoms with Crippen LogP contribution in [-0.4, -0.2) is 9.55 Å². The van der Waals surface area contributed by atoms with Crippen LogP contribution in [0.5, 0.6) is 0 Å². The molecule has 0 aliphatic heterocycles. The maximum absolute atomic E-state index is 6.22. The zero-order valence-corrected chi connectivity index (χ0v) is 28.3. The fourth-order valence-electron chi connectivity index (χ4n) is 7.59. The summed E-state index contributed by atoms with van der Waals surface area (Å²) in [6.07, 6.45) is 0. The van der Waals surface area contributed by atoms with Crippen molar-refractivity contribution >= 4 is 32.9 Å². The zero-order chi connectivity index (χ0) is 34.4. The van der Waals surface area contributed by atoms with Crippen LogP contribution in [0.25, 0.3) is 94.6 Å². The number of oxazole rings is 1. The standard InChI is InChI=1S/C49H32N2O/c1-3-13-33(14-4-1)36-28-30-48-45(32-36)50-49(52-48)35-25-23-34(24-26-35)39-17-7-9-19-41(39)42-20-10-8-18-40(42)37-27-29-47-44(31-37)43-21-11-12-22-46(43)51(47)38-15-5-2-6-16-38/h1-32H. The molecule has 8 aromatic carbocycles. The van der Waals surface area contributed by atoms with E-state index in [1.165, 1.54) is 49.6 Å². The summed E-state index contributed by atoms with van der Waals surface area (Å²) in [5.41, 5.74) is 15.5. The molecular formula is C49H32N2O. The first-order chi connectivity index (χ1) is 25.8. The van der Waals surface area contributed by atoms with Gasteiger partial charge in [0.1, 0.15) is 5.52 Å². The van der Waals surface area contributed by atoms with Crippen molar-refractivity contribution in [3.63, 3.8) is 0 Å². The molecule has 52 heavy (non-hydrogen) atoms. The van der Waals surface area contributed by atoms with Gasteiger partial charge in [-0.05, 0) is 99.1 Å². The van der Waals surface area contributed by atoms with Crippen molar-refractivity contribution in [1.29, 1.82) is 0 Å². The number of para-hydroxylation sites is 2. The molecule has 0 unspecified atom stereocenters. The summed E-state index contributed by atoms with van der Waals surface area (Å²) in [6.45, 7) is 0. The van der Waals surface area contributed by atoms with Crippen molar-refractivity contribution < 1.29 is 4.42 Å². The Bertz CT molecular complexity index is 2880. The van der Waals surface area contributed by atoms with Gasteiger partial charge in [0.25, 0.3) is 0 Å². The smallest absolute Gasteiger partial charge is 0.227 e. The third-order valence-corrected chi connectivity index (χ3v) is 10.1. The lowest BCUT2D eigenvalue weighted by Crippen LogP contribution is -1.93. The molecule has 2 aromatic heterocycles. The van der Waals surface area contributed by atoms with Crippen molar-refractivity contribution in [2.45, 2.75) is 0 Å². The minimum Gasteiger partial charge on any atom is -0.436 e. The first-order valence-electron chi connectivity index (χ1n) is 17.6. The summed E-state index contributed by atoms with van der Waals surface area (Å²) < 4.78 is 8.58. The van der Waals surface area contributed by atoms with E-state index in [1.54, 1.807) is 0 Å². The van der Waals surface area contributed by atoms with E-state index in [1.807, 2.05) is 12.1 Å². The monoisotopic (exact) mass is 664 g/mol. The van der Waals surface area contributed by atoms with Crippen LogP contribution < -0.4 is 0 Å². The van der Waals surface area contributed by atoms with Crippen LogP contribution in [0.1, 0.15) is 0 Å². The maximum atomic E-state index is 6.22. The van der Waals surface area contributed by atoms with Gasteiger partial charge < -0.3 is 8.98 Å². The zero-order valence-electron chi connectivity index (χ0n) is 28.3. The minimum absolute atomic E-state index is 0.620. The third-order valence-electron chi connectivity index (χ3n) is 10.1. The van der Waals surface area contributed by atoms with Gasteiger partial charge in [0, 0.05) is 22.0 Å². The molecule has 0 N–H and O–H groups in total. The lowest BCUT2D eigenvalue weighted by Gasteiger charge is -2.15. The first-order valence-corrected chi connectivity index (χ1v) is 17.6. The average molecular weight is 665 g/mol. The fourth-order valence-corrected chi connectivity index (χ4v) is 7.59.